The van der Waals surface area contributed by atoms with E-state index in [-0.39, 0.29) is 17.7 Å². The molecule has 0 aromatic carbocycles. The molecule has 138 valence electrons. The van der Waals surface area contributed by atoms with E-state index in [2.05, 4.69) is 0 Å². The van der Waals surface area contributed by atoms with Gasteiger partial charge < -0.3 is 0 Å². The Morgan fingerprint density at radius 1 is 0.920 bits per heavy atom. The molecule has 4 bridgehead atoms. The van der Waals surface area contributed by atoms with Gasteiger partial charge in [0.1, 0.15) is 5.54 Å². The van der Waals surface area contributed by atoms with Crippen LogP contribution in [-0.4, -0.2) is 33.4 Å². The normalized spacial score (nSPS) is 42.6. The van der Waals surface area contributed by atoms with Gasteiger partial charge in [-0.2, -0.15) is 0 Å². The predicted octanol–water partition coefficient (Wildman–Crippen LogP) is 3.76. The van der Waals surface area contributed by atoms with Gasteiger partial charge in [-0.25, -0.2) is 10.0 Å². The number of hydrazine groups is 1. The highest BCUT2D eigenvalue weighted by atomic mass is 16.2. The number of carbonyl (C=O) groups excluding carboxylic acids is 2. The van der Waals surface area contributed by atoms with Crippen LogP contribution in [0.15, 0.2) is 0 Å². The Morgan fingerprint density at radius 3 is 2.04 bits per heavy atom. The molecule has 6 aliphatic rings. The average molecular weight is 344 g/mol. The summed E-state index contributed by atoms with van der Waals surface area (Å²) < 4.78 is 0. The lowest BCUT2D eigenvalue weighted by molar-refractivity contribution is -0.246. The second-order valence-corrected chi connectivity index (χ2v) is 10.1. The summed E-state index contributed by atoms with van der Waals surface area (Å²) in [5, 5.41) is 3.88. The van der Waals surface area contributed by atoms with Crippen LogP contribution in [0.25, 0.3) is 0 Å². The minimum absolute atomic E-state index is 0.139. The van der Waals surface area contributed by atoms with Crippen LogP contribution >= 0.6 is 0 Å². The zero-order valence-electron chi connectivity index (χ0n) is 15.7. The fourth-order valence-corrected chi connectivity index (χ4v) is 7.16. The van der Waals surface area contributed by atoms with Crippen molar-refractivity contribution in [2.45, 2.75) is 89.6 Å². The van der Waals surface area contributed by atoms with Crippen molar-refractivity contribution in [3.05, 3.63) is 0 Å². The first-order valence-corrected chi connectivity index (χ1v) is 10.6. The number of hydrogen-bond acceptors (Lipinski definition) is 2. The monoisotopic (exact) mass is 344 g/mol. The van der Waals surface area contributed by atoms with Crippen LogP contribution in [0.4, 0.5) is 0 Å². The van der Waals surface area contributed by atoms with Crippen LogP contribution in [0, 0.1) is 29.6 Å². The summed E-state index contributed by atoms with van der Waals surface area (Å²) in [5.41, 5.74) is -0.636. The third kappa shape index (κ3) is 2.24. The van der Waals surface area contributed by atoms with Crippen LogP contribution in [-0.2, 0) is 9.59 Å². The van der Waals surface area contributed by atoms with E-state index in [1.807, 2.05) is 23.9 Å². The standard InChI is InChI=1S/C21H32N2O2/c1-21(2)20(25)22(23(21)19(24)15-6-4-3-5-7-15)18-16-9-13-8-14(11-16)12-17(18)10-13/h13-18H,3-12H2,1-2H3. The summed E-state index contributed by atoms with van der Waals surface area (Å²) in [6.45, 7) is 3.89. The molecule has 0 radical (unpaired) electrons. The molecular formula is C21H32N2O2. The Morgan fingerprint density at radius 2 is 1.48 bits per heavy atom. The molecule has 1 heterocycles. The summed E-state index contributed by atoms with van der Waals surface area (Å²) in [5.74, 6) is 3.62. The topological polar surface area (TPSA) is 40.6 Å². The molecule has 2 amide bonds. The Bertz CT molecular complexity index is 565. The average Bonchev–Trinajstić information content (AvgIpc) is 2.59. The van der Waals surface area contributed by atoms with E-state index in [4.69, 9.17) is 0 Å². The minimum Gasteiger partial charge on any atom is -0.273 e. The molecule has 5 saturated carbocycles. The first-order valence-electron chi connectivity index (χ1n) is 10.6. The van der Waals surface area contributed by atoms with E-state index in [0.717, 1.165) is 37.5 Å². The summed E-state index contributed by atoms with van der Waals surface area (Å²) in [6.07, 6.45) is 12.2. The molecule has 5 aliphatic carbocycles. The van der Waals surface area contributed by atoms with E-state index in [9.17, 15) is 9.59 Å². The zero-order chi connectivity index (χ0) is 17.3. The molecule has 6 rings (SSSR count). The molecule has 0 aromatic heterocycles. The van der Waals surface area contributed by atoms with Crippen LogP contribution in [0.3, 0.4) is 0 Å². The van der Waals surface area contributed by atoms with Gasteiger partial charge in [-0.3, -0.25) is 9.59 Å². The summed E-state index contributed by atoms with van der Waals surface area (Å²) in [6, 6.07) is 0.306. The van der Waals surface area contributed by atoms with Crippen LogP contribution < -0.4 is 0 Å². The fraction of sp³-hybridized carbons (Fsp3) is 0.905. The maximum absolute atomic E-state index is 13.3. The molecule has 4 heteroatoms. The van der Waals surface area contributed by atoms with Gasteiger partial charge in [0.05, 0.1) is 6.04 Å². The first-order chi connectivity index (χ1) is 12.0. The third-order valence-electron chi connectivity index (χ3n) is 8.10. The third-order valence-corrected chi connectivity index (χ3v) is 8.10. The van der Waals surface area contributed by atoms with Crippen molar-refractivity contribution < 1.29 is 9.59 Å². The largest absolute Gasteiger partial charge is 0.273 e. The number of nitrogens with zero attached hydrogens (tertiary/aromatic N) is 2. The molecule has 6 fully saturated rings. The predicted molar refractivity (Wildman–Crippen MR) is 95.2 cm³/mol. The summed E-state index contributed by atoms with van der Waals surface area (Å²) >= 11 is 0. The van der Waals surface area contributed by atoms with Crippen molar-refractivity contribution in [1.82, 2.24) is 10.0 Å². The van der Waals surface area contributed by atoms with Gasteiger partial charge in [-0.1, -0.05) is 19.3 Å². The molecule has 1 saturated heterocycles. The maximum Gasteiger partial charge on any atom is 0.268 e. The Labute approximate surface area is 151 Å². The first kappa shape index (κ1) is 16.1. The zero-order valence-corrected chi connectivity index (χ0v) is 15.7. The van der Waals surface area contributed by atoms with Crippen molar-refractivity contribution >= 4 is 11.8 Å². The van der Waals surface area contributed by atoms with Gasteiger partial charge in [0.2, 0.25) is 5.91 Å². The van der Waals surface area contributed by atoms with Crippen LogP contribution in [0.5, 0.6) is 0 Å². The van der Waals surface area contributed by atoms with Crippen molar-refractivity contribution in [2.24, 2.45) is 29.6 Å². The van der Waals surface area contributed by atoms with Crippen molar-refractivity contribution in [2.75, 3.05) is 0 Å². The smallest absolute Gasteiger partial charge is 0.268 e. The Balaban J connectivity index is 1.41. The SMILES string of the molecule is CC1(C)C(=O)N(C2C3CC4CC(C3)CC2C4)N1C(=O)C1CCCCC1. The molecule has 4 nitrogen and oxygen atoms in total. The summed E-state index contributed by atoms with van der Waals surface area (Å²) in [4.78, 5) is 26.4. The van der Waals surface area contributed by atoms with E-state index in [0.29, 0.717) is 17.9 Å². The lowest BCUT2D eigenvalue weighted by Gasteiger charge is -2.65. The molecule has 0 N–H and O–H groups in total. The van der Waals surface area contributed by atoms with Crippen molar-refractivity contribution in [3.63, 3.8) is 0 Å². The number of carbonyl (C=O) groups is 2. The van der Waals surface area contributed by atoms with Crippen LogP contribution in [0.2, 0.25) is 0 Å². The second-order valence-electron chi connectivity index (χ2n) is 10.1. The highest BCUT2D eigenvalue weighted by Crippen LogP contribution is 2.57. The van der Waals surface area contributed by atoms with Crippen LogP contribution in [0.1, 0.15) is 78.1 Å². The quantitative estimate of drug-likeness (QED) is 0.765. The second kappa shape index (κ2) is 5.47. The fourth-order valence-electron chi connectivity index (χ4n) is 7.16. The van der Waals surface area contributed by atoms with Gasteiger partial charge in [-0.15, -0.1) is 0 Å². The van der Waals surface area contributed by atoms with Gasteiger partial charge in [-0.05, 0) is 82.5 Å². The van der Waals surface area contributed by atoms with Gasteiger partial charge in [0.25, 0.3) is 5.91 Å². The van der Waals surface area contributed by atoms with Crippen molar-refractivity contribution in [1.29, 1.82) is 0 Å². The molecule has 0 spiro atoms. The highest BCUT2D eigenvalue weighted by molar-refractivity contribution is 5.98. The molecule has 1 aliphatic heterocycles. The number of rotatable bonds is 2. The molecule has 0 unspecified atom stereocenters. The van der Waals surface area contributed by atoms with Gasteiger partial charge in [0, 0.05) is 5.92 Å². The highest BCUT2D eigenvalue weighted by Gasteiger charge is 2.63. The molecule has 25 heavy (non-hydrogen) atoms. The number of hydrogen-bond donors (Lipinski definition) is 0. The van der Waals surface area contributed by atoms with E-state index >= 15 is 0 Å². The molecule has 0 atom stereocenters. The minimum atomic E-state index is -0.636. The lowest BCUT2D eigenvalue weighted by atomic mass is 9.53. The van der Waals surface area contributed by atoms with E-state index < -0.39 is 5.54 Å². The number of amides is 2. The van der Waals surface area contributed by atoms with Gasteiger partial charge >= 0.3 is 0 Å². The lowest BCUT2D eigenvalue weighted by Crippen LogP contribution is -2.81. The summed E-state index contributed by atoms with van der Waals surface area (Å²) in [7, 11) is 0. The van der Waals surface area contributed by atoms with E-state index in [1.54, 1.807) is 0 Å². The van der Waals surface area contributed by atoms with E-state index in [1.165, 1.54) is 38.5 Å². The molecular weight excluding hydrogens is 312 g/mol. The van der Waals surface area contributed by atoms with Gasteiger partial charge in [0.15, 0.2) is 0 Å². The maximum atomic E-state index is 13.3. The Hall–Kier alpha value is -1.06. The Kier molecular flexibility index (Phi) is 3.53. The molecule has 0 aromatic rings. The van der Waals surface area contributed by atoms with Crippen molar-refractivity contribution in [3.8, 4) is 0 Å².